The van der Waals surface area contributed by atoms with Gasteiger partial charge >= 0.3 is 0 Å². The zero-order valence-corrected chi connectivity index (χ0v) is 18.9. The summed E-state index contributed by atoms with van der Waals surface area (Å²) in [5.74, 6) is 0. The molecule has 2 aliphatic rings. The van der Waals surface area contributed by atoms with Crippen LogP contribution in [-0.4, -0.2) is 4.98 Å². The van der Waals surface area contributed by atoms with Crippen LogP contribution in [-0.2, 0) is 19.9 Å². The average Bonchev–Trinajstić information content (AvgIpc) is 3.27. The Morgan fingerprint density at radius 2 is 1.45 bits per heavy atom. The van der Waals surface area contributed by atoms with Gasteiger partial charge in [-0.1, -0.05) is 35.9 Å². The minimum Gasteiger partial charge on any atom is -0.247 e. The molecule has 2 aliphatic carbocycles. The number of hydrogen-bond acceptors (Lipinski definition) is 1. The molecule has 2 aromatic carbocycles. The van der Waals surface area contributed by atoms with E-state index in [0.29, 0.717) is 0 Å². The number of fused-ring (bicyclic) bond motifs is 6. The van der Waals surface area contributed by atoms with Crippen molar-refractivity contribution < 1.29 is 4.57 Å². The topological polar surface area (TPSA) is 16.8 Å². The van der Waals surface area contributed by atoms with Gasteiger partial charge < -0.3 is 0 Å². The average molecular weight is 404 g/mol. The molecule has 0 bridgehead atoms. The van der Waals surface area contributed by atoms with Crippen LogP contribution in [0.3, 0.4) is 0 Å². The maximum Gasteiger partial charge on any atom is 0.216 e. The lowest BCUT2D eigenvalue weighted by atomic mass is 9.93. The van der Waals surface area contributed by atoms with E-state index in [9.17, 15) is 0 Å². The molecule has 2 heteroatoms. The Balaban J connectivity index is 1.57. The molecular formula is C29H27N2+. The van der Waals surface area contributed by atoms with Gasteiger partial charge in [0.1, 0.15) is 7.05 Å². The van der Waals surface area contributed by atoms with E-state index in [0.717, 1.165) is 12.8 Å². The van der Waals surface area contributed by atoms with E-state index >= 15 is 0 Å². The fraction of sp³-hybridized carbons (Fsp3) is 0.241. The molecule has 0 saturated carbocycles. The van der Waals surface area contributed by atoms with E-state index in [1.54, 1.807) is 0 Å². The first-order chi connectivity index (χ1) is 14.9. The van der Waals surface area contributed by atoms with Crippen LogP contribution in [0.4, 0.5) is 0 Å². The van der Waals surface area contributed by atoms with Crippen molar-refractivity contribution in [2.75, 3.05) is 0 Å². The van der Waals surface area contributed by atoms with Gasteiger partial charge in [-0.2, -0.15) is 0 Å². The second-order valence-corrected chi connectivity index (χ2v) is 9.38. The quantitative estimate of drug-likeness (QED) is 0.310. The number of pyridine rings is 2. The van der Waals surface area contributed by atoms with E-state index in [4.69, 9.17) is 4.98 Å². The van der Waals surface area contributed by atoms with Gasteiger partial charge in [0.2, 0.25) is 5.69 Å². The van der Waals surface area contributed by atoms with Gasteiger partial charge in [-0.15, -0.1) is 0 Å². The van der Waals surface area contributed by atoms with E-state index in [1.165, 1.54) is 78.3 Å². The SMILES string of the molecule is Cc1cc(C)c(C)c(-c2c3c(cc[n+]2C)-c2nc4c(cc2C3)Cc2c(C)cccc2-4)c1. The minimum absolute atomic E-state index is 0.955. The van der Waals surface area contributed by atoms with Gasteiger partial charge in [-0.25, -0.2) is 9.55 Å². The van der Waals surface area contributed by atoms with Gasteiger partial charge in [0, 0.05) is 41.2 Å². The van der Waals surface area contributed by atoms with Crippen LogP contribution in [0.15, 0.2) is 48.7 Å². The van der Waals surface area contributed by atoms with Crippen molar-refractivity contribution in [3.63, 3.8) is 0 Å². The summed E-state index contributed by atoms with van der Waals surface area (Å²) in [7, 11) is 2.17. The molecule has 2 heterocycles. The number of aryl methyl sites for hydroxylation is 4. The Hall–Kier alpha value is -3.26. The van der Waals surface area contributed by atoms with E-state index < -0.39 is 0 Å². The molecule has 2 nitrogen and oxygen atoms in total. The highest BCUT2D eigenvalue weighted by Gasteiger charge is 2.32. The first-order valence-corrected chi connectivity index (χ1v) is 11.1. The summed E-state index contributed by atoms with van der Waals surface area (Å²) < 4.78 is 2.29. The third kappa shape index (κ3) is 2.57. The number of hydrogen-bond donors (Lipinski definition) is 0. The molecule has 31 heavy (non-hydrogen) atoms. The molecule has 0 spiro atoms. The second-order valence-electron chi connectivity index (χ2n) is 9.38. The fourth-order valence-electron chi connectivity index (χ4n) is 5.62. The lowest BCUT2D eigenvalue weighted by Crippen LogP contribution is -2.32. The molecule has 0 amide bonds. The number of nitrogens with zero attached hydrogens (tertiary/aromatic N) is 2. The molecule has 0 N–H and O–H groups in total. The molecule has 0 aliphatic heterocycles. The molecule has 0 unspecified atom stereocenters. The van der Waals surface area contributed by atoms with Crippen molar-refractivity contribution in [1.29, 1.82) is 0 Å². The predicted molar refractivity (Wildman–Crippen MR) is 126 cm³/mol. The summed E-state index contributed by atoms with van der Waals surface area (Å²) in [6.07, 6.45) is 4.16. The van der Waals surface area contributed by atoms with Crippen molar-refractivity contribution in [3.8, 4) is 33.8 Å². The maximum atomic E-state index is 5.27. The van der Waals surface area contributed by atoms with Crippen molar-refractivity contribution in [2.45, 2.75) is 40.5 Å². The Morgan fingerprint density at radius 3 is 2.23 bits per heavy atom. The summed E-state index contributed by atoms with van der Waals surface area (Å²) in [5, 5.41) is 0. The van der Waals surface area contributed by atoms with Crippen LogP contribution >= 0.6 is 0 Å². The number of aromatic nitrogens is 2. The number of rotatable bonds is 1. The van der Waals surface area contributed by atoms with Crippen molar-refractivity contribution in [2.24, 2.45) is 7.05 Å². The Kier molecular flexibility index (Phi) is 3.80. The molecule has 0 fully saturated rings. The lowest BCUT2D eigenvalue weighted by molar-refractivity contribution is -0.660. The molecular weight excluding hydrogens is 376 g/mol. The van der Waals surface area contributed by atoms with E-state index in [1.807, 2.05) is 0 Å². The van der Waals surface area contributed by atoms with E-state index in [2.05, 4.69) is 88.0 Å². The van der Waals surface area contributed by atoms with Crippen molar-refractivity contribution in [1.82, 2.24) is 4.98 Å². The third-order valence-corrected chi connectivity index (χ3v) is 7.33. The third-order valence-electron chi connectivity index (χ3n) is 7.33. The van der Waals surface area contributed by atoms with Crippen LogP contribution in [0.25, 0.3) is 33.8 Å². The predicted octanol–water partition coefficient (Wildman–Crippen LogP) is 5.95. The van der Waals surface area contributed by atoms with Crippen LogP contribution in [0.1, 0.15) is 44.5 Å². The number of benzene rings is 2. The molecule has 6 rings (SSSR count). The standard InChI is InChI=1S/C29H27N2/c1-16-11-18(3)19(4)25(12-16)29-26-15-21-13-20-14-24-17(2)7-6-8-22(24)27(20)30-28(21)23(26)9-10-31(29)5/h6-13H,14-15H2,1-5H3/q+1. The van der Waals surface area contributed by atoms with Crippen molar-refractivity contribution >= 4 is 0 Å². The van der Waals surface area contributed by atoms with E-state index in [-0.39, 0.29) is 0 Å². The summed E-state index contributed by atoms with van der Waals surface area (Å²) >= 11 is 0. The van der Waals surface area contributed by atoms with Gasteiger partial charge in [-0.05, 0) is 67.1 Å². The highest BCUT2D eigenvalue weighted by atomic mass is 14.9. The van der Waals surface area contributed by atoms with Crippen LogP contribution < -0.4 is 4.57 Å². The molecule has 0 saturated heterocycles. The van der Waals surface area contributed by atoms with Crippen LogP contribution in [0.2, 0.25) is 0 Å². The summed E-state index contributed by atoms with van der Waals surface area (Å²) in [6, 6.07) is 15.9. The zero-order chi connectivity index (χ0) is 21.4. The van der Waals surface area contributed by atoms with Gasteiger partial charge in [0.25, 0.3) is 0 Å². The first-order valence-electron chi connectivity index (χ1n) is 11.1. The smallest absolute Gasteiger partial charge is 0.216 e. The Labute approximate surface area is 184 Å². The highest BCUT2D eigenvalue weighted by molar-refractivity contribution is 5.84. The summed E-state index contributed by atoms with van der Waals surface area (Å²) in [4.78, 5) is 5.27. The highest BCUT2D eigenvalue weighted by Crippen LogP contribution is 2.45. The van der Waals surface area contributed by atoms with Crippen LogP contribution in [0, 0.1) is 27.7 Å². The second kappa shape index (κ2) is 6.37. The fourth-order valence-corrected chi connectivity index (χ4v) is 5.62. The van der Waals surface area contributed by atoms with Crippen molar-refractivity contribution in [3.05, 3.63) is 93.2 Å². The summed E-state index contributed by atoms with van der Waals surface area (Å²) in [6.45, 7) is 8.87. The molecule has 0 atom stereocenters. The first kappa shape index (κ1) is 18.5. The van der Waals surface area contributed by atoms with Gasteiger partial charge in [-0.3, -0.25) is 0 Å². The largest absolute Gasteiger partial charge is 0.247 e. The Morgan fingerprint density at radius 1 is 0.742 bits per heavy atom. The molecule has 152 valence electrons. The lowest BCUT2D eigenvalue weighted by Gasteiger charge is -2.12. The minimum atomic E-state index is 0.955. The molecule has 4 aromatic rings. The van der Waals surface area contributed by atoms with Gasteiger partial charge in [0.15, 0.2) is 6.20 Å². The maximum absolute atomic E-state index is 5.27. The Bertz CT molecular complexity index is 1430. The normalized spacial score (nSPS) is 13.1. The monoisotopic (exact) mass is 403 g/mol. The molecule has 2 aromatic heterocycles. The summed E-state index contributed by atoms with van der Waals surface area (Å²) in [5.41, 5.74) is 18.7. The zero-order valence-electron chi connectivity index (χ0n) is 18.9. The van der Waals surface area contributed by atoms with Gasteiger partial charge in [0.05, 0.1) is 11.4 Å². The van der Waals surface area contributed by atoms with Crippen LogP contribution in [0.5, 0.6) is 0 Å². The molecule has 0 radical (unpaired) electrons.